The summed E-state index contributed by atoms with van der Waals surface area (Å²) in [6, 6.07) is 3.60. The Balaban J connectivity index is 2.17. The quantitative estimate of drug-likeness (QED) is 0.847. The number of nitrogens with zero attached hydrogens (tertiary/aromatic N) is 1. The lowest BCUT2D eigenvalue weighted by Crippen LogP contribution is -2.52. The Bertz CT molecular complexity index is 560. The number of hydrogen-bond acceptors (Lipinski definition) is 3. The van der Waals surface area contributed by atoms with Gasteiger partial charge in [-0.2, -0.15) is 0 Å². The van der Waals surface area contributed by atoms with Crippen molar-refractivity contribution in [2.24, 2.45) is 0 Å². The minimum Gasteiger partial charge on any atom is -0.479 e. The van der Waals surface area contributed by atoms with E-state index in [4.69, 9.17) is 4.42 Å². The molecule has 0 radical (unpaired) electrons. The van der Waals surface area contributed by atoms with Crippen molar-refractivity contribution in [1.29, 1.82) is 0 Å². The highest BCUT2D eigenvalue weighted by atomic mass is 16.4. The summed E-state index contributed by atoms with van der Waals surface area (Å²) < 4.78 is 5.37. The second-order valence-corrected chi connectivity index (χ2v) is 5.46. The molecule has 1 aliphatic heterocycles. The van der Waals surface area contributed by atoms with E-state index in [1.807, 2.05) is 19.9 Å². The number of carbonyl (C=O) groups excluding carboxylic acids is 1. The number of amides is 1. The van der Waals surface area contributed by atoms with Crippen LogP contribution in [0.2, 0.25) is 0 Å². The topological polar surface area (TPSA) is 70.8 Å². The Morgan fingerprint density at radius 2 is 2.24 bits per heavy atom. The molecule has 2 rings (SSSR count). The van der Waals surface area contributed by atoms with Crippen LogP contribution in [0, 0.1) is 6.92 Å². The van der Waals surface area contributed by atoms with Crippen molar-refractivity contribution in [3.8, 4) is 0 Å². The summed E-state index contributed by atoms with van der Waals surface area (Å²) in [4.78, 5) is 25.5. The first-order valence-corrected chi connectivity index (χ1v) is 7.29. The highest BCUT2D eigenvalue weighted by Gasteiger charge is 2.48. The zero-order valence-electron chi connectivity index (χ0n) is 12.5. The molecular formula is C16H21NO4. The molecule has 1 N–H and O–H groups in total. The van der Waals surface area contributed by atoms with E-state index in [-0.39, 0.29) is 5.91 Å². The van der Waals surface area contributed by atoms with E-state index in [0.717, 1.165) is 18.6 Å². The molecule has 0 aromatic carbocycles. The fourth-order valence-corrected chi connectivity index (χ4v) is 2.99. The number of carboxylic acid groups (broad SMARTS) is 1. The third kappa shape index (κ3) is 3.01. The molecule has 1 atom stereocenters. The number of rotatable bonds is 5. The van der Waals surface area contributed by atoms with Crippen LogP contribution in [0.3, 0.4) is 0 Å². The minimum absolute atomic E-state index is 0.266. The lowest BCUT2D eigenvalue weighted by atomic mass is 9.90. The van der Waals surface area contributed by atoms with Gasteiger partial charge in [0, 0.05) is 12.6 Å². The Kier molecular flexibility index (Phi) is 4.50. The van der Waals surface area contributed by atoms with Crippen molar-refractivity contribution in [2.75, 3.05) is 6.54 Å². The maximum Gasteiger partial charge on any atom is 0.329 e. The predicted octanol–water partition coefficient (Wildman–Crippen LogP) is 2.85. The third-order valence-electron chi connectivity index (χ3n) is 3.97. The van der Waals surface area contributed by atoms with Crippen molar-refractivity contribution < 1.29 is 19.1 Å². The van der Waals surface area contributed by atoms with Crippen LogP contribution in [-0.4, -0.2) is 34.0 Å². The SMILES string of the molecule is CCCC1(C(=O)O)CCCN1C(=O)/C=C/c1ccc(C)o1. The van der Waals surface area contributed by atoms with Gasteiger partial charge < -0.3 is 14.4 Å². The van der Waals surface area contributed by atoms with E-state index in [2.05, 4.69) is 0 Å². The molecule has 1 fully saturated rings. The number of furan rings is 1. The number of aliphatic carboxylic acids is 1. The molecule has 1 amide bonds. The van der Waals surface area contributed by atoms with E-state index in [0.29, 0.717) is 25.1 Å². The van der Waals surface area contributed by atoms with Gasteiger partial charge in [-0.25, -0.2) is 4.79 Å². The Morgan fingerprint density at radius 3 is 2.81 bits per heavy atom. The smallest absolute Gasteiger partial charge is 0.329 e. The number of likely N-dealkylation sites (tertiary alicyclic amines) is 1. The summed E-state index contributed by atoms with van der Waals surface area (Å²) in [5.41, 5.74) is -1.05. The van der Waals surface area contributed by atoms with Gasteiger partial charge in [-0.15, -0.1) is 0 Å². The Hall–Kier alpha value is -2.04. The molecular weight excluding hydrogens is 270 g/mol. The molecule has 0 spiro atoms. The zero-order valence-corrected chi connectivity index (χ0v) is 12.5. The average Bonchev–Trinajstić information content (AvgIpc) is 3.04. The van der Waals surface area contributed by atoms with E-state index in [9.17, 15) is 14.7 Å². The van der Waals surface area contributed by atoms with Gasteiger partial charge in [0.25, 0.3) is 0 Å². The lowest BCUT2D eigenvalue weighted by Gasteiger charge is -2.34. The molecule has 0 saturated carbocycles. The normalized spacial score (nSPS) is 22.1. The van der Waals surface area contributed by atoms with Gasteiger partial charge in [0.1, 0.15) is 17.1 Å². The predicted molar refractivity (Wildman–Crippen MR) is 78.7 cm³/mol. The molecule has 1 aromatic rings. The summed E-state index contributed by atoms with van der Waals surface area (Å²) in [6.07, 6.45) is 5.46. The van der Waals surface area contributed by atoms with Gasteiger partial charge >= 0.3 is 5.97 Å². The van der Waals surface area contributed by atoms with Gasteiger partial charge in [-0.05, 0) is 44.4 Å². The molecule has 1 aliphatic rings. The van der Waals surface area contributed by atoms with Gasteiger partial charge in [-0.3, -0.25) is 4.79 Å². The Labute approximate surface area is 124 Å². The number of aryl methyl sites for hydroxylation is 1. The largest absolute Gasteiger partial charge is 0.479 e. The molecule has 1 saturated heterocycles. The van der Waals surface area contributed by atoms with Gasteiger partial charge in [0.2, 0.25) is 5.91 Å². The van der Waals surface area contributed by atoms with Crippen molar-refractivity contribution in [1.82, 2.24) is 4.90 Å². The molecule has 21 heavy (non-hydrogen) atoms. The van der Waals surface area contributed by atoms with Crippen LogP contribution in [0.1, 0.15) is 44.1 Å². The molecule has 0 aliphatic carbocycles. The second-order valence-electron chi connectivity index (χ2n) is 5.46. The first-order valence-electron chi connectivity index (χ1n) is 7.29. The molecule has 5 nitrogen and oxygen atoms in total. The highest BCUT2D eigenvalue weighted by Crippen LogP contribution is 2.34. The maximum atomic E-state index is 12.4. The van der Waals surface area contributed by atoms with Crippen LogP contribution >= 0.6 is 0 Å². The number of hydrogen-bond donors (Lipinski definition) is 1. The van der Waals surface area contributed by atoms with Crippen LogP contribution in [-0.2, 0) is 9.59 Å². The van der Waals surface area contributed by atoms with Crippen LogP contribution in [0.4, 0.5) is 0 Å². The second kappa shape index (κ2) is 6.16. The first kappa shape index (κ1) is 15.4. The average molecular weight is 291 g/mol. The molecule has 0 bridgehead atoms. The van der Waals surface area contributed by atoms with Crippen LogP contribution in [0.5, 0.6) is 0 Å². The standard InChI is InChI=1S/C16H21NO4/c1-3-9-16(15(19)20)10-4-11-17(16)14(18)8-7-13-6-5-12(2)21-13/h5-8H,3-4,9-11H2,1-2H3,(H,19,20)/b8-7+. The number of carboxylic acids is 1. The Morgan fingerprint density at radius 1 is 1.48 bits per heavy atom. The van der Waals surface area contributed by atoms with Crippen molar-refractivity contribution in [3.05, 3.63) is 29.7 Å². The molecule has 2 heterocycles. The third-order valence-corrected chi connectivity index (χ3v) is 3.97. The minimum atomic E-state index is -1.05. The molecule has 5 heteroatoms. The van der Waals surface area contributed by atoms with Gasteiger partial charge in [-0.1, -0.05) is 13.3 Å². The van der Waals surface area contributed by atoms with Crippen molar-refractivity contribution in [2.45, 2.75) is 45.1 Å². The summed E-state index contributed by atoms with van der Waals surface area (Å²) >= 11 is 0. The molecule has 1 unspecified atom stereocenters. The van der Waals surface area contributed by atoms with Gasteiger partial charge in [0.15, 0.2) is 0 Å². The van der Waals surface area contributed by atoms with Crippen molar-refractivity contribution in [3.63, 3.8) is 0 Å². The fraction of sp³-hybridized carbons (Fsp3) is 0.500. The fourth-order valence-electron chi connectivity index (χ4n) is 2.99. The lowest BCUT2D eigenvalue weighted by molar-refractivity contribution is -0.155. The molecule has 1 aromatic heterocycles. The van der Waals surface area contributed by atoms with Crippen molar-refractivity contribution >= 4 is 18.0 Å². The van der Waals surface area contributed by atoms with E-state index in [1.165, 1.54) is 11.0 Å². The van der Waals surface area contributed by atoms with E-state index < -0.39 is 11.5 Å². The monoisotopic (exact) mass is 291 g/mol. The van der Waals surface area contributed by atoms with E-state index >= 15 is 0 Å². The highest BCUT2D eigenvalue weighted by molar-refractivity contribution is 5.96. The summed E-state index contributed by atoms with van der Waals surface area (Å²) in [6.45, 7) is 4.26. The summed E-state index contributed by atoms with van der Waals surface area (Å²) in [7, 11) is 0. The summed E-state index contributed by atoms with van der Waals surface area (Å²) in [5.74, 6) is 0.195. The van der Waals surface area contributed by atoms with Crippen LogP contribution in [0.15, 0.2) is 22.6 Å². The number of carbonyl (C=O) groups is 2. The van der Waals surface area contributed by atoms with Crippen LogP contribution < -0.4 is 0 Å². The first-order chi connectivity index (χ1) is 9.99. The van der Waals surface area contributed by atoms with Crippen LogP contribution in [0.25, 0.3) is 6.08 Å². The zero-order chi connectivity index (χ0) is 15.5. The summed E-state index contributed by atoms with van der Waals surface area (Å²) in [5, 5.41) is 9.57. The van der Waals surface area contributed by atoms with Gasteiger partial charge in [0.05, 0.1) is 0 Å². The molecule has 114 valence electrons. The maximum absolute atomic E-state index is 12.4. The van der Waals surface area contributed by atoms with E-state index in [1.54, 1.807) is 12.1 Å².